The molecule has 4 bridgehead atoms. The SMILES string of the molecule is C/C=C1/CN2CCC34c5ccccc5NC23[C@@H](O)CC1[C@]4(CCO)C(=O)OC. The van der Waals surface area contributed by atoms with Gasteiger partial charge in [0, 0.05) is 31.3 Å². The van der Waals surface area contributed by atoms with Crippen LogP contribution in [0.3, 0.4) is 0 Å². The molecule has 5 aliphatic rings. The third kappa shape index (κ3) is 1.66. The number of carbonyl (C=O) groups is 1. The second kappa shape index (κ2) is 5.81. The molecule has 0 aromatic heterocycles. The zero-order chi connectivity index (χ0) is 19.7. The Labute approximate surface area is 165 Å². The van der Waals surface area contributed by atoms with E-state index in [1.807, 2.05) is 25.1 Å². The van der Waals surface area contributed by atoms with Gasteiger partial charge in [0.05, 0.1) is 24.0 Å². The van der Waals surface area contributed by atoms with E-state index in [-0.39, 0.29) is 18.5 Å². The van der Waals surface area contributed by atoms with E-state index in [4.69, 9.17) is 4.74 Å². The number of hydrogen-bond donors (Lipinski definition) is 3. The molecule has 6 heteroatoms. The highest BCUT2D eigenvalue weighted by Gasteiger charge is 2.82. The van der Waals surface area contributed by atoms with Gasteiger partial charge in [-0.15, -0.1) is 0 Å². The number of para-hydroxylation sites is 1. The molecule has 4 unspecified atom stereocenters. The Bertz CT molecular complexity index is 870. The van der Waals surface area contributed by atoms with Crippen LogP contribution in [-0.2, 0) is 14.9 Å². The molecule has 28 heavy (non-hydrogen) atoms. The van der Waals surface area contributed by atoms with Crippen LogP contribution in [0.4, 0.5) is 5.69 Å². The Kier molecular flexibility index (Phi) is 3.77. The molecule has 1 aromatic carbocycles. The van der Waals surface area contributed by atoms with Crippen LogP contribution in [0, 0.1) is 11.3 Å². The minimum atomic E-state index is -0.928. The Hall–Kier alpha value is -1.89. The van der Waals surface area contributed by atoms with Crippen LogP contribution in [0.1, 0.15) is 31.7 Å². The van der Waals surface area contributed by atoms with Crippen LogP contribution in [0.5, 0.6) is 0 Å². The molecule has 1 aliphatic carbocycles. The van der Waals surface area contributed by atoms with Crippen LogP contribution in [0.25, 0.3) is 0 Å². The topological polar surface area (TPSA) is 82.0 Å². The number of anilines is 1. The number of nitrogens with zero attached hydrogens (tertiary/aromatic N) is 1. The van der Waals surface area contributed by atoms with Gasteiger partial charge in [0.1, 0.15) is 5.66 Å². The summed E-state index contributed by atoms with van der Waals surface area (Å²) in [7, 11) is 1.44. The number of ether oxygens (including phenoxy) is 1. The van der Waals surface area contributed by atoms with Gasteiger partial charge in [-0.3, -0.25) is 9.69 Å². The number of nitrogens with one attached hydrogen (secondary N) is 1. The smallest absolute Gasteiger partial charge is 0.313 e. The van der Waals surface area contributed by atoms with E-state index < -0.39 is 22.6 Å². The molecule has 3 N–H and O–H groups in total. The monoisotopic (exact) mass is 384 g/mol. The summed E-state index contributed by atoms with van der Waals surface area (Å²) in [6.45, 7) is 3.40. The van der Waals surface area contributed by atoms with Crippen molar-refractivity contribution in [1.82, 2.24) is 4.90 Å². The van der Waals surface area contributed by atoms with Gasteiger partial charge >= 0.3 is 5.97 Å². The average molecular weight is 384 g/mol. The number of aliphatic hydroxyl groups is 2. The number of hydrogen-bond acceptors (Lipinski definition) is 6. The number of fused-ring (bicyclic) bond motifs is 3. The molecule has 1 saturated carbocycles. The first kappa shape index (κ1) is 18.2. The third-order valence-corrected chi connectivity index (χ3v) is 8.16. The van der Waals surface area contributed by atoms with Gasteiger partial charge in [-0.2, -0.15) is 0 Å². The number of benzene rings is 1. The molecular weight excluding hydrogens is 356 g/mol. The minimum Gasteiger partial charge on any atom is -0.469 e. The number of aliphatic hydroxyl groups excluding tert-OH is 2. The highest BCUT2D eigenvalue weighted by molar-refractivity contribution is 5.85. The molecule has 6 atom stereocenters. The van der Waals surface area contributed by atoms with Crippen LogP contribution >= 0.6 is 0 Å². The Morgan fingerprint density at radius 1 is 1.43 bits per heavy atom. The van der Waals surface area contributed by atoms with E-state index in [0.29, 0.717) is 19.4 Å². The zero-order valence-corrected chi connectivity index (χ0v) is 16.4. The van der Waals surface area contributed by atoms with E-state index in [1.165, 1.54) is 7.11 Å². The highest BCUT2D eigenvalue weighted by atomic mass is 16.5. The van der Waals surface area contributed by atoms with Gasteiger partial charge in [0.2, 0.25) is 0 Å². The van der Waals surface area contributed by atoms with Gasteiger partial charge < -0.3 is 20.3 Å². The van der Waals surface area contributed by atoms with Gasteiger partial charge in [-0.1, -0.05) is 29.8 Å². The summed E-state index contributed by atoms with van der Waals surface area (Å²) < 4.78 is 5.44. The molecule has 4 aliphatic heterocycles. The van der Waals surface area contributed by atoms with Gasteiger partial charge in [0.15, 0.2) is 0 Å². The minimum absolute atomic E-state index is 0.0985. The summed E-state index contributed by atoms with van der Waals surface area (Å²) in [5.41, 5.74) is 0.852. The summed E-state index contributed by atoms with van der Waals surface area (Å²) in [5.74, 6) is -0.442. The van der Waals surface area contributed by atoms with Crippen LogP contribution in [0.15, 0.2) is 35.9 Å². The number of methoxy groups -OCH3 is 1. The fourth-order valence-electron chi connectivity index (χ4n) is 7.37. The van der Waals surface area contributed by atoms with Crippen LogP contribution in [0.2, 0.25) is 0 Å². The average Bonchev–Trinajstić information content (AvgIpc) is 3.14. The van der Waals surface area contributed by atoms with Crippen LogP contribution < -0.4 is 5.32 Å². The molecule has 6 rings (SSSR count). The molecule has 4 heterocycles. The van der Waals surface area contributed by atoms with E-state index >= 15 is 0 Å². The number of carbonyl (C=O) groups excluding carboxylic acids is 1. The summed E-state index contributed by atoms with van der Waals surface area (Å²) in [4.78, 5) is 16.0. The van der Waals surface area contributed by atoms with Crippen molar-refractivity contribution in [3.63, 3.8) is 0 Å². The summed E-state index contributed by atoms with van der Waals surface area (Å²) in [6, 6.07) is 8.09. The summed E-state index contributed by atoms with van der Waals surface area (Å²) in [6.07, 6.45) is 3.01. The molecule has 3 saturated heterocycles. The first-order chi connectivity index (χ1) is 13.5. The Morgan fingerprint density at radius 2 is 2.21 bits per heavy atom. The molecule has 0 amide bonds. The molecule has 150 valence electrons. The van der Waals surface area contributed by atoms with Crippen molar-refractivity contribution in [2.75, 3.05) is 32.1 Å². The number of esters is 1. The standard InChI is InChI=1S/C22H28N2O4/c1-3-14-13-24-10-8-21-15-6-4-5-7-17(15)23-22(21,24)18(26)12-16(14)20(21,9-11-25)19(27)28-2/h3-7,16,18,23,25-26H,8-13H2,1-2H3/b14-3-/t16?,18-,20+,21?,22?/m0/s1. The normalized spacial score (nSPS) is 44.0. The Balaban J connectivity index is 1.92. The molecule has 4 fully saturated rings. The van der Waals surface area contributed by atoms with Gasteiger partial charge in [-0.05, 0) is 37.8 Å². The summed E-state index contributed by atoms with van der Waals surface area (Å²) >= 11 is 0. The third-order valence-electron chi connectivity index (χ3n) is 8.16. The largest absolute Gasteiger partial charge is 0.469 e. The van der Waals surface area contributed by atoms with E-state index in [2.05, 4.69) is 22.4 Å². The lowest BCUT2D eigenvalue weighted by Crippen LogP contribution is -2.74. The van der Waals surface area contributed by atoms with E-state index in [0.717, 1.165) is 29.8 Å². The highest BCUT2D eigenvalue weighted by Crippen LogP contribution is 2.73. The van der Waals surface area contributed by atoms with Crippen molar-refractivity contribution in [1.29, 1.82) is 0 Å². The predicted molar refractivity (Wildman–Crippen MR) is 105 cm³/mol. The second-order valence-electron chi connectivity index (χ2n) is 8.62. The fraction of sp³-hybridized carbons (Fsp3) is 0.591. The maximum atomic E-state index is 13.6. The van der Waals surface area contributed by atoms with Crippen molar-refractivity contribution in [3.05, 3.63) is 41.5 Å². The maximum absolute atomic E-state index is 13.6. The molecule has 6 nitrogen and oxygen atoms in total. The maximum Gasteiger partial charge on any atom is 0.313 e. The van der Waals surface area contributed by atoms with Gasteiger partial charge in [-0.25, -0.2) is 0 Å². The van der Waals surface area contributed by atoms with Gasteiger partial charge in [0.25, 0.3) is 0 Å². The lowest BCUT2D eigenvalue weighted by molar-refractivity contribution is -0.180. The zero-order valence-electron chi connectivity index (χ0n) is 16.4. The lowest BCUT2D eigenvalue weighted by atomic mass is 9.44. The van der Waals surface area contributed by atoms with Crippen LogP contribution in [-0.4, -0.2) is 59.7 Å². The molecule has 0 radical (unpaired) electrons. The first-order valence-electron chi connectivity index (χ1n) is 10.2. The number of allylic oxidation sites excluding steroid dienone is 1. The summed E-state index contributed by atoms with van der Waals surface area (Å²) in [5, 5.41) is 25.3. The lowest BCUT2D eigenvalue weighted by Gasteiger charge is -2.60. The number of rotatable bonds is 3. The van der Waals surface area contributed by atoms with Crippen molar-refractivity contribution >= 4 is 11.7 Å². The molecular formula is C22H28N2O4. The predicted octanol–water partition coefficient (Wildman–Crippen LogP) is 1.63. The van der Waals surface area contributed by atoms with E-state index in [9.17, 15) is 15.0 Å². The Morgan fingerprint density at radius 3 is 2.93 bits per heavy atom. The molecule has 1 aromatic rings. The fourth-order valence-corrected chi connectivity index (χ4v) is 7.37. The first-order valence-corrected chi connectivity index (χ1v) is 10.2. The van der Waals surface area contributed by atoms with Crippen molar-refractivity contribution < 1.29 is 19.7 Å². The van der Waals surface area contributed by atoms with Crippen molar-refractivity contribution in [2.24, 2.45) is 11.3 Å². The van der Waals surface area contributed by atoms with Crippen molar-refractivity contribution in [3.8, 4) is 0 Å². The quantitative estimate of drug-likeness (QED) is 0.543. The van der Waals surface area contributed by atoms with E-state index in [1.54, 1.807) is 0 Å². The van der Waals surface area contributed by atoms with Crippen molar-refractivity contribution in [2.45, 2.75) is 43.4 Å². The second-order valence-corrected chi connectivity index (χ2v) is 8.62. The molecule has 1 spiro atoms.